The van der Waals surface area contributed by atoms with Crippen molar-refractivity contribution in [2.75, 3.05) is 31.2 Å². The van der Waals surface area contributed by atoms with E-state index >= 15 is 0 Å². The molecule has 5 rings (SSSR count). The number of anilines is 1. The van der Waals surface area contributed by atoms with E-state index in [-0.39, 0.29) is 5.60 Å². The molecular formula is C19H20N4O2. The van der Waals surface area contributed by atoms with Crippen molar-refractivity contribution in [1.82, 2.24) is 9.97 Å². The van der Waals surface area contributed by atoms with Gasteiger partial charge < -0.3 is 14.4 Å². The highest BCUT2D eigenvalue weighted by atomic mass is 16.5. The Balaban J connectivity index is 1.40. The zero-order chi connectivity index (χ0) is 16.9. The minimum atomic E-state index is 0.0215. The van der Waals surface area contributed by atoms with Crippen molar-refractivity contribution >= 4 is 17.2 Å². The predicted molar refractivity (Wildman–Crippen MR) is 95.1 cm³/mol. The van der Waals surface area contributed by atoms with Crippen molar-refractivity contribution in [3.05, 3.63) is 41.9 Å². The van der Waals surface area contributed by atoms with Gasteiger partial charge in [0.1, 0.15) is 23.5 Å². The average Bonchev–Trinajstić information content (AvgIpc) is 3.35. The first-order valence-corrected chi connectivity index (χ1v) is 8.77. The van der Waals surface area contributed by atoms with Crippen molar-refractivity contribution in [1.29, 1.82) is 0 Å². The fraction of sp³-hybridized carbons (Fsp3) is 0.421. The largest absolute Gasteiger partial charge is 0.488 e. The number of benzene rings is 1. The maximum absolute atomic E-state index is 6.08. The normalized spacial score (nSPS) is 20.4. The molecule has 3 aliphatic rings. The minimum absolute atomic E-state index is 0.0215. The Morgan fingerprint density at radius 3 is 2.76 bits per heavy atom. The number of hydrogen-bond acceptors (Lipinski definition) is 6. The molecular weight excluding hydrogens is 316 g/mol. The lowest BCUT2D eigenvalue weighted by atomic mass is 9.98. The third kappa shape index (κ3) is 2.76. The SMILES string of the molecule is CC1(Oc2ccc3c(c2)C(c2cc(N4CCOCC4)ncn2)=N3)CC1. The molecule has 1 aliphatic carbocycles. The van der Waals surface area contributed by atoms with Crippen LogP contribution in [0.4, 0.5) is 11.5 Å². The molecule has 2 fully saturated rings. The summed E-state index contributed by atoms with van der Waals surface area (Å²) in [7, 11) is 0. The van der Waals surface area contributed by atoms with E-state index in [1.807, 2.05) is 18.2 Å². The van der Waals surface area contributed by atoms with Crippen LogP contribution in [0.2, 0.25) is 0 Å². The molecule has 0 radical (unpaired) electrons. The van der Waals surface area contributed by atoms with Gasteiger partial charge in [-0.1, -0.05) is 0 Å². The van der Waals surface area contributed by atoms with Gasteiger partial charge in [0.2, 0.25) is 0 Å². The molecule has 0 atom stereocenters. The van der Waals surface area contributed by atoms with Gasteiger partial charge in [0.15, 0.2) is 0 Å². The monoisotopic (exact) mass is 336 g/mol. The first-order valence-electron chi connectivity index (χ1n) is 8.77. The van der Waals surface area contributed by atoms with Crippen LogP contribution in [0.5, 0.6) is 5.75 Å². The molecule has 0 bridgehead atoms. The molecule has 128 valence electrons. The molecule has 0 amide bonds. The number of fused-ring (bicyclic) bond motifs is 1. The molecule has 0 N–H and O–H groups in total. The van der Waals surface area contributed by atoms with Crippen LogP contribution in [0.15, 0.2) is 35.6 Å². The number of aliphatic imine (C=N–C) groups is 1. The molecule has 2 aliphatic heterocycles. The van der Waals surface area contributed by atoms with Crippen LogP contribution in [0.25, 0.3) is 0 Å². The maximum Gasteiger partial charge on any atom is 0.132 e. The van der Waals surface area contributed by atoms with Crippen molar-refractivity contribution in [3.8, 4) is 5.75 Å². The molecule has 1 aromatic carbocycles. The highest BCUT2D eigenvalue weighted by molar-refractivity contribution is 6.21. The van der Waals surface area contributed by atoms with Gasteiger partial charge in [-0.25, -0.2) is 15.0 Å². The summed E-state index contributed by atoms with van der Waals surface area (Å²) in [6.45, 7) is 5.34. The third-order valence-corrected chi connectivity index (χ3v) is 5.00. The van der Waals surface area contributed by atoms with E-state index in [1.165, 1.54) is 0 Å². The van der Waals surface area contributed by atoms with Crippen LogP contribution >= 0.6 is 0 Å². The summed E-state index contributed by atoms with van der Waals surface area (Å²) in [5, 5.41) is 0. The van der Waals surface area contributed by atoms with E-state index in [0.717, 1.165) is 73.4 Å². The molecule has 1 aromatic heterocycles. The molecule has 25 heavy (non-hydrogen) atoms. The Morgan fingerprint density at radius 2 is 1.96 bits per heavy atom. The lowest BCUT2D eigenvalue weighted by molar-refractivity contribution is 0.122. The number of aromatic nitrogens is 2. The van der Waals surface area contributed by atoms with Crippen molar-refractivity contribution in [2.24, 2.45) is 4.99 Å². The van der Waals surface area contributed by atoms with E-state index in [2.05, 4.69) is 32.9 Å². The predicted octanol–water partition coefficient (Wildman–Crippen LogP) is 2.73. The van der Waals surface area contributed by atoms with Gasteiger partial charge in [0, 0.05) is 24.7 Å². The van der Waals surface area contributed by atoms with Crippen LogP contribution < -0.4 is 9.64 Å². The van der Waals surface area contributed by atoms with Crippen molar-refractivity contribution in [3.63, 3.8) is 0 Å². The van der Waals surface area contributed by atoms with Crippen molar-refractivity contribution in [2.45, 2.75) is 25.4 Å². The molecule has 1 saturated heterocycles. The Labute approximate surface area is 146 Å². The van der Waals surface area contributed by atoms with Gasteiger partial charge in [-0.15, -0.1) is 0 Å². The third-order valence-electron chi connectivity index (χ3n) is 5.00. The molecule has 0 spiro atoms. The average molecular weight is 336 g/mol. The smallest absolute Gasteiger partial charge is 0.132 e. The quantitative estimate of drug-likeness (QED) is 0.733. The number of ether oxygens (including phenoxy) is 2. The number of rotatable bonds is 4. The van der Waals surface area contributed by atoms with E-state index in [9.17, 15) is 0 Å². The van der Waals surface area contributed by atoms with Gasteiger partial charge in [-0.05, 0) is 38.0 Å². The zero-order valence-electron chi connectivity index (χ0n) is 14.2. The van der Waals surface area contributed by atoms with Crippen LogP contribution in [0, 0.1) is 0 Å². The van der Waals surface area contributed by atoms with Gasteiger partial charge >= 0.3 is 0 Å². The number of hydrogen-bond donors (Lipinski definition) is 0. The summed E-state index contributed by atoms with van der Waals surface area (Å²) in [6, 6.07) is 8.12. The molecule has 3 heterocycles. The summed E-state index contributed by atoms with van der Waals surface area (Å²) in [5.74, 6) is 1.84. The summed E-state index contributed by atoms with van der Waals surface area (Å²) in [4.78, 5) is 15.7. The van der Waals surface area contributed by atoms with Crippen LogP contribution in [0.3, 0.4) is 0 Å². The van der Waals surface area contributed by atoms with Crippen molar-refractivity contribution < 1.29 is 9.47 Å². The van der Waals surface area contributed by atoms with Gasteiger partial charge in [0.05, 0.1) is 30.3 Å². The fourth-order valence-electron chi connectivity index (χ4n) is 3.19. The first-order chi connectivity index (χ1) is 12.2. The molecule has 0 unspecified atom stereocenters. The summed E-state index contributed by atoms with van der Waals surface area (Å²) >= 11 is 0. The zero-order valence-corrected chi connectivity index (χ0v) is 14.2. The minimum Gasteiger partial charge on any atom is -0.488 e. The highest BCUT2D eigenvalue weighted by Crippen LogP contribution is 2.42. The molecule has 6 heteroatoms. The van der Waals surface area contributed by atoms with E-state index in [4.69, 9.17) is 9.47 Å². The topological polar surface area (TPSA) is 59.8 Å². The fourth-order valence-corrected chi connectivity index (χ4v) is 3.19. The second-order valence-electron chi connectivity index (χ2n) is 7.05. The van der Waals surface area contributed by atoms with Gasteiger partial charge in [0.25, 0.3) is 0 Å². The summed E-state index contributed by atoms with van der Waals surface area (Å²) in [6.07, 6.45) is 3.87. The van der Waals surface area contributed by atoms with E-state index in [0.29, 0.717) is 0 Å². The Kier molecular flexibility index (Phi) is 3.28. The highest BCUT2D eigenvalue weighted by Gasteiger charge is 2.40. The Bertz CT molecular complexity index is 854. The molecule has 1 saturated carbocycles. The second kappa shape index (κ2) is 5.52. The van der Waals surface area contributed by atoms with Gasteiger partial charge in [-0.3, -0.25) is 0 Å². The first kappa shape index (κ1) is 14.8. The number of morpholine rings is 1. The van der Waals surface area contributed by atoms with Crippen LogP contribution in [0.1, 0.15) is 31.0 Å². The second-order valence-corrected chi connectivity index (χ2v) is 7.05. The van der Waals surface area contributed by atoms with E-state index in [1.54, 1.807) is 6.33 Å². The standard InChI is InChI=1S/C19H20N4O2/c1-19(4-5-19)25-13-2-3-15-14(10-13)18(22-15)16-11-17(21-12-20-16)23-6-8-24-9-7-23/h2-3,10-12H,4-9H2,1H3. The lowest BCUT2D eigenvalue weighted by Crippen LogP contribution is -2.37. The Hall–Kier alpha value is -2.47. The molecule has 6 nitrogen and oxygen atoms in total. The van der Waals surface area contributed by atoms with Crippen LogP contribution in [-0.2, 0) is 4.74 Å². The summed E-state index contributed by atoms with van der Waals surface area (Å²) in [5.41, 5.74) is 3.90. The summed E-state index contributed by atoms with van der Waals surface area (Å²) < 4.78 is 11.5. The van der Waals surface area contributed by atoms with E-state index < -0.39 is 0 Å². The van der Waals surface area contributed by atoms with Gasteiger partial charge in [-0.2, -0.15) is 0 Å². The lowest BCUT2D eigenvalue weighted by Gasteiger charge is -2.28. The Morgan fingerprint density at radius 1 is 1.12 bits per heavy atom. The maximum atomic E-state index is 6.08. The van der Waals surface area contributed by atoms with Crippen LogP contribution in [-0.4, -0.2) is 47.6 Å². The number of nitrogens with zero attached hydrogens (tertiary/aromatic N) is 4. The molecule has 2 aromatic rings.